The summed E-state index contributed by atoms with van der Waals surface area (Å²) < 4.78 is 0. The Morgan fingerprint density at radius 3 is 2.67 bits per heavy atom. The summed E-state index contributed by atoms with van der Waals surface area (Å²) >= 11 is 0. The molecule has 0 aromatic carbocycles. The summed E-state index contributed by atoms with van der Waals surface area (Å²) in [5.41, 5.74) is 1.14. The molecule has 0 aliphatic heterocycles. The molecule has 0 bridgehead atoms. The second kappa shape index (κ2) is 2.67. The topological polar surface area (TPSA) is 35.9 Å². The van der Waals surface area contributed by atoms with Crippen molar-refractivity contribution in [2.45, 2.75) is 12.8 Å². The number of nitrogens with one attached hydrogen (secondary N) is 2. The van der Waals surface area contributed by atoms with Crippen LogP contribution in [0.4, 0.5) is 0 Å². The van der Waals surface area contributed by atoms with Crippen LogP contribution in [0.25, 0.3) is 0 Å². The van der Waals surface area contributed by atoms with E-state index in [-0.39, 0.29) is 0 Å². The molecule has 2 heteroatoms. The highest BCUT2D eigenvalue weighted by Gasteiger charge is 2.24. The first-order valence-electron chi connectivity index (χ1n) is 3.26. The van der Waals surface area contributed by atoms with Crippen molar-refractivity contribution in [1.82, 2.24) is 5.32 Å². The van der Waals surface area contributed by atoms with Gasteiger partial charge in [0, 0.05) is 19.5 Å². The Morgan fingerprint density at radius 2 is 2.33 bits per heavy atom. The van der Waals surface area contributed by atoms with Crippen LogP contribution in [-0.2, 0) is 0 Å². The quantitative estimate of drug-likeness (QED) is 0.544. The van der Waals surface area contributed by atoms with Crippen LogP contribution in [0.1, 0.15) is 12.8 Å². The third-order valence-corrected chi connectivity index (χ3v) is 1.53. The average Bonchev–Trinajstić information content (AvgIpc) is 2.64. The molecule has 0 aromatic heterocycles. The Balaban J connectivity index is 2.46. The second-order valence-corrected chi connectivity index (χ2v) is 2.35. The number of allylic oxidation sites excluding steroid dienone is 1. The van der Waals surface area contributed by atoms with Gasteiger partial charge in [0.15, 0.2) is 0 Å². The Hall–Kier alpha value is -0.790. The van der Waals surface area contributed by atoms with Gasteiger partial charge in [-0.15, -0.1) is 0 Å². The lowest BCUT2D eigenvalue weighted by Gasteiger charge is -1.94. The van der Waals surface area contributed by atoms with E-state index in [9.17, 15) is 0 Å². The Labute approximate surface area is 55.5 Å². The summed E-state index contributed by atoms with van der Waals surface area (Å²) in [5, 5.41) is 9.93. The maximum atomic E-state index is 7.00. The fourth-order valence-corrected chi connectivity index (χ4v) is 0.861. The Bertz CT molecular complexity index is 134. The summed E-state index contributed by atoms with van der Waals surface area (Å²) in [6.45, 7) is 0. The number of hydrogen-bond acceptors (Lipinski definition) is 2. The number of hydrogen-bond donors (Lipinski definition) is 2. The third kappa shape index (κ3) is 1.56. The van der Waals surface area contributed by atoms with Crippen molar-refractivity contribution in [2.75, 3.05) is 7.05 Å². The monoisotopic (exact) mass is 124 g/mol. The number of rotatable bonds is 3. The normalized spacial score (nSPS) is 19.4. The van der Waals surface area contributed by atoms with Gasteiger partial charge < -0.3 is 10.7 Å². The standard InChI is InChI=1S/C7H12N2/c1-9-5-7(4-8)6-2-3-6/h4-6,8-9H,2-3H2,1H3/b7-5+,8-4?. The summed E-state index contributed by atoms with van der Waals surface area (Å²) in [5.74, 6) is 0.690. The lowest BCUT2D eigenvalue weighted by Crippen LogP contribution is -1.98. The van der Waals surface area contributed by atoms with Crippen molar-refractivity contribution in [3.8, 4) is 0 Å². The van der Waals surface area contributed by atoms with Gasteiger partial charge in [-0.1, -0.05) is 0 Å². The lowest BCUT2D eigenvalue weighted by atomic mass is 10.2. The molecule has 0 radical (unpaired) electrons. The molecule has 50 valence electrons. The molecule has 9 heavy (non-hydrogen) atoms. The predicted molar refractivity (Wildman–Crippen MR) is 38.7 cm³/mol. The molecular weight excluding hydrogens is 112 g/mol. The van der Waals surface area contributed by atoms with Gasteiger partial charge in [0.1, 0.15) is 0 Å². The maximum Gasteiger partial charge on any atom is 0.0227 e. The van der Waals surface area contributed by atoms with Crippen LogP contribution in [0.5, 0.6) is 0 Å². The fourth-order valence-electron chi connectivity index (χ4n) is 0.861. The van der Waals surface area contributed by atoms with E-state index < -0.39 is 0 Å². The summed E-state index contributed by atoms with van der Waals surface area (Å²) in [6.07, 6.45) is 5.88. The van der Waals surface area contributed by atoms with Crippen LogP contribution < -0.4 is 5.32 Å². The molecule has 0 unspecified atom stereocenters. The van der Waals surface area contributed by atoms with E-state index in [0.717, 1.165) is 5.57 Å². The van der Waals surface area contributed by atoms with Crippen LogP contribution >= 0.6 is 0 Å². The lowest BCUT2D eigenvalue weighted by molar-refractivity contribution is 1.01. The summed E-state index contributed by atoms with van der Waals surface area (Å²) in [6, 6.07) is 0. The van der Waals surface area contributed by atoms with E-state index in [1.54, 1.807) is 0 Å². The van der Waals surface area contributed by atoms with Gasteiger partial charge in [0.05, 0.1) is 0 Å². The van der Waals surface area contributed by atoms with Crippen molar-refractivity contribution >= 4 is 6.21 Å². The molecule has 2 N–H and O–H groups in total. The first kappa shape index (κ1) is 6.33. The minimum absolute atomic E-state index is 0.690. The highest BCUT2D eigenvalue weighted by atomic mass is 14.8. The zero-order valence-corrected chi connectivity index (χ0v) is 5.65. The van der Waals surface area contributed by atoms with Gasteiger partial charge in [-0.3, -0.25) is 0 Å². The maximum absolute atomic E-state index is 7.00. The van der Waals surface area contributed by atoms with Gasteiger partial charge in [0.2, 0.25) is 0 Å². The second-order valence-electron chi connectivity index (χ2n) is 2.35. The molecule has 0 amide bonds. The molecule has 0 heterocycles. The molecule has 2 nitrogen and oxygen atoms in total. The van der Waals surface area contributed by atoms with Crippen LogP contribution in [0.3, 0.4) is 0 Å². The molecule has 0 saturated heterocycles. The van der Waals surface area contributed by atoms with Crippen LogP contribution in [0, 0.1) is 11.3 Å². The van der Waals surface area contributed by atoms with E-state index in [4.69, 9.17) is 5.41 Å². The van der Waals surface area contributed by atoms with Crippen molar-refractivity contribution in [3.05, 3.63) is 11.8 Å². The summed E-state index contributed by atoms with van der Waals surface area (Å²) in [7, 11) is 1.87. The highest BCUT2D eigenvalue weighted by Crippen LogP contribution is 2.34. The van der Waals surface area contributed by atoms with Gasteiger partial charge in [0.25, 0.3) is 0 Å². The van der Waals surface area contributed by atoms with Crippen molar-refractivity contribution < 1.29 is 0 Å². The molecular formula is C7H12N2. The molecule has 0 atom stereocenters. The first-order valence-corrected chi connectivity index (χ1v) is 3.26. The van der Waals surface area contributed by atoms with E-state index in [1.807, 2.05) is 13.2 Å². The van der Waals surface area contributed by atoms with Crippen LogP contribution in [0.15, 0.2) is 11.8 Å². The van der Waals surface area contributed by atoms with Crippen LogP contribution in [0.2, 0.25) is 0 Å². The summed E-state index contributed by atoms with van der Waals surface area (Å²) in [4.78, 5) is 0. The van der Waals surface area contributed by atoms with Gasteiger partial charge >= 0.3 is 0 Å². The fraction of sp³-hybridized carbons (Fsp3) is 0.571. The molecule has 0 spiro atoms. The van der Waals surface area contributed by atoms with E-state index in [1.165, 1.54) is 19.1 Å². The minimum atomic E-state index is 0.690. The van der Waals surface area contributed by atoms with Crippen molar-refractivity contribution in [1.29, 1.82) is 5.41 Å². The smallest absolute Gasteiger partial charge is 0.0227 e. The molecule has 1 aliphatic carbocycles. The largest absolute Gasteiger partial charge is 0.394 e. The molecule has 0 aromatic rings. The Kier molecular flexibility index (Phi) is 1.88. The minimum Gasteiger partial charge on any atom is -0.394 e. The zero-order chi connectivity index (χ0) is 6.69. The predicted octanol–water partition coefficient (Wildman–Crippen LogP) is 1.15. The van der Waals surface area contributed by atoms with Crippen molar-refractivity contribution in [3.63, 3.8) is 0 Å². The van der Waals surface area contributed by atoms with Crippen molar-refractivity contribution in [2.24, 2.45) is 5.92 Å². The molecule has 1 aliphatic rings. The van der Waals surface area contributed by atoms with E-state index in [2.05, 4.69) is 5.32 Å². The first-order chi connectivity index (χ1) is 4.38. The van der Waals surface area contributed by atoms with E-state index >= 15 is 0 Å². The molecule has 1 saturated carbocycles. The van der Waals surface area contributed by atoms with Gasteiger partial charge in [-0.05, 0) is 24.3 Å². The highest BCUT2D eigenvalue weighted by molar-refractivity contribution is 5.76. The van der Waals surface area contributed by atoms with E-state index in [0.29, 0.717) is 5.92 Å². The Morgan fingerprint density at radius 1 is 1.67 bits per heavy atom. The zero-order valence-electron chi connectivity index (χ0n) is 5.65. The average molecular weight is 124 g/mol. The van der Waals surface area contributed by atoms with Gasteiger partial charge in [-0.2, -0.15) is 0 Å². The SMILES string of the molecule is CN/C=C(\C=N)C1CC1. The molecule has 1 rings (SSSR count). The molecule has 1 fully saturated rings. The van der Waals surface area contributed by atoms with Gasteiger partial charge in [-0.25, -0.2) is 0 Å². The van der Waals surface area contributed by atoms with Crippen LogP contribution in [-0.4, -0.2) is 13.3 Å². The third-order valence-electron chi connectivity index (χ3n) is 1.53.